The molecule has 1 atom stereocenters. The largest absolute Gasteiger partial charge is 0.327 e. The monoisotopic (exact) mass is 204 g/mol. The van der Waals surface area contributed by atoms with Crippen LogP contribution in [0.1, 0.15) is 18.4 Å². The highest BCUT2D eigenvalue weighted by atomic mass is 15.1. The Morgan fingerprint density at radius 1 is 1.27 bits per heavy atom. The average Bonchev–Trinajstić information content (AvgIpc) is 2.28. The summed E-state index contributed by atoms with van der Waals surface area (Å²) in [5.74, 6) is 0. The van der Waals surface area contributed by atoms with Crippen LogP contribution in [0.15, 0.2) is 30.3 Å². The lowest BCUT2D eigenvalue weighted by Gasteiger charge is -2.30. The van der Waals surface area contributed by atoms with Gasteiger partial charge in [0.2, 0.25) is 0 Å². The molecule has 0 amide bonds. The molecule has 15 heavy (non-hydrogen) atoms. The second kappa shape index (κ2) is 5.29. The van der Waals surface area contributed by atoms with Crippen molar-refractivity contribution in [2.45, 2.75) is 25.3 Å². The quantitative estimate of drug-likeness (QED) is 0.811. The fraction of sp³-hybridized carbons (Fsp3) is 0.538. The smallest absolute Gasteiger partial charge is 0.0168 e. The van der Waals surface area contributed by atoms with Crippen LogP contribution in [0, 0.1) is 0 Å². The maximum absolute atomic E-state index is 5.95. The van der Waals surface area contributed by atoms with Crippen LogP contribution in [-0.4, -0.2) is 30.6 Å². The standard InChI is InChI=1S/C13H20N2/c14-13-7-4-9-15(11-13)10-8-12-5-2-1-3-6-12/h1-3,5-6,13H,4,7-11,14H2/t13-/m1/s1. The van der Waals surface area contributed by atoms with E-state index < -0.39 is 0 Å². The Labute approximate surface area is 92.1 Å². The van der Waals surface area contributed by atoms with Crippen LogP contribution in [-0.2, 0) is 6.42 Å². The predicted molar refractivity (Wildman–Crippen MR) is 63.8 cm³/mol. The molecule has 0 aromatic heterocycles. The first-order valence-corrected chi connectivity index (χ1v) is 5.86. The molecule has 1 aromatic rings. The van der Waals surface area contributed by atoms with Crippen molar-refractivity contribution in [3.8, 4) is 0 Å². The predicted octanol–water partition coefficient (Wildman–Crippen LogP) is 1.65. The third-order valence-corrected chi connectivity index (χ3v) is 3.10. The van der Waals surface area contributed by atoms with E-state index in [9.17, 15) is 0 Å². The first-order valence-electron chi connectivity index (χ1n) is 5.86. The Balaban J connectivity index is 1.78. The van der Waals surface area contributed by atoms with Crippen LogP contribution < -0.4 is 5.73 Å². The van der Waals surface area contributed by atoms with Crippen molar-refractivity contribution < 1.29 is 0 Å². The number of nitrogens with two attached hydrogens (primary N) is 1. The molecule has 1 aromatic carbocycles. The van der Waals surface area contributed by atoms with Crippen molar-refractivity contribution >= 4 is 0 Å². The van der Waals surface area contributed by atoms with Gasteiger partial charge in [0.15, 0.2) is 0 Å². The molecule has 2 rings (SSSR count). The van der Waals surface area contributed by atoms with Gasteiger partial charge >= 0.3 is 0 Å². The van der Waals surface area contributed by atoms with Crippen molar-refractivity contribution in [3.63, 3.8) is 0 Å². The molecule has 1 aliphatic rings. The Bertz CT molecular complexity index is 284. The van der Waals surface area contributed by atoms with Gasteiger partial charge in [-0.15, -0.1) is 0 Å². The van der Waals surface area contributed by atoms with Crippen molar-refractivity contribution in [2.75, 3.05) is 19.6 Å². The highest BCUT2D eigenvalue weighted by molar-refractivity contribution is 5.14. The third-order valence-electron chi connectivity index (χ3n) is 3.10. The van der Waals surface area contributed by atoms with Crippen molar-refractivity contribution in [2.24, 2.45) is 5.73 Å². The molecule has 0 radical (unpaired) electrons. The minimum Gasteiger partial charge on any atom is -0.327 e. The summed E-state index contributed by atoms with van der Waals surface area (Å²) in [6.07, 6.45) is 3.60. The average molecular weight is 204 g/mol. The van der Waals surface area contributed by atoms with Crippen molar-refractivity contribution in [1.82, 2.24) is 4.90 Å². The zero-order valence-electron chi connectivity index (χ0n) is 9.23. The van der Waals surface area contributed by atoms with E-state index in [0.29, 0.717) is 6.04 Å². The molecule has 2 N–H and O–H groups in total. The lowest BCUT2D eigenvalue weighted by molar-refractivity contribution is 0.211. The van der Waals surface area contributed by atoms with Crippen molar-refractivity contribution in [1.29, 1.82) is 0 Å². The van der Waals surface area contributed by atoms with Crippen LogP contribution >= 0.6 is 0 Å². The molecule has 82 valence electrons. The summed E-state index contributed by atoms with van der Waals surface area (Å²) in [7, 11) is 0. The maximum atomic E-state index is 5.95. The minimum atomic E-state index is 0.398. The van der Waals surface area contributed by atoms with Gasteiger partial charge in [0.05, 0.1) is 0 Å². The first-order chi connectivity index (χ1) is 7.34. The summed E-state index contributed by atoms with van der Waals surface area (Å²) < 4.78 is 0. The molecule has 1 aliphatic heterocycles. The number of benzene rings is 1. The molecule has 0 aliphatic carbocycles. The summed E-state index contributed by atoms with van der Waals surface area (Å²) in [5.41, 5.74) is 7.38. The molecule has 0 saturated carbocycles. The van der Waals surface area contributed by atoms with E-state index in [2.05, 4.69) is 35.2 Å². The number of likely N-dealkylation sites (tertiary alicyclic amines) is 1. The maximum Gasteiger partial charge on any atom is 0.0168 e. The molecule has 0 unspecified atom stereocenters. The van der Waals surface area contributed by atoms with Crippen LogP contribution in [0.25, 0.3) is 0 Å². The first kappa shape index (κ1) is 10.7. The van der Waals surface area contributed by atoms with Crippen molar-refractivity contribution in [3.05, 3.63) is 35.9 Å². The molecule has 1 saturated heterocycles. The molecule has 1 fully saturated rings. The van der Waals surface area contributed by atoms with Crippen LogP contribution in [0.3, 0.4) is 0 Å². The van der Waals surface area contributed by atoms with Gasteiger partial charge in [0.1, 0.15) is 0 Å². The van der Waals surface area contributed by atoms with E-state index in [4.69, 9.17) is 5.73 Å². The molecule has 2 nitrogen and oxygen atoms in total. The fourth-order valence-corrected chi connectivity index (χ4v) is 2.23. The van der Waals surface area contributed by atoms with E-state index in [1.54, 1.807) is 0 Å². The minimum absolute atomic E-state index is 0.398. The summed E-state index contributed by atoms with van der Waals surface area (Å²) in [6, 6.07) is 11.1. The summed E-state index contributed by atoms with van der Waals surface area (Å²) in [6.45, 7) is 3.45. The summed E-state index contributed by atoms with van der Waals surface area (Å²) >= 11 is 0. The van der Waals surface area contributed by atoms with Gasteiger partial charge in [-0.1, -0.05) is 30.3 Å². The highest BCUT2D eigenvalue weighted by Gasteiger charge is 2.15. The van der Waals surface area contributed by atoms with E-state index >= 15 is 0 Å². The molecule has 1 heterocycles. The van der Waals surface area contributed by atoms with Gasteiger partial charge in [-0.25, -0.2) is 0 Å². The Morgan fingerprint density at radius 3 is 2.80 bits per heavy atom. The van der Waals surface area contributed by atoms with Crippen LogP contribution in [0.2, 0.25) is 0 Å². The third kappa shape index (κ3) is 3.33. The number of hydrogen-bond donors (Lipinski definition) is 1. The molecule has 0 bridgehead atoms. The van der Waals surface area contributed by atoms with E-state index in [0.717, 1.165) is 19.5 Å². The Morgan fingerprint density at radius 2 is 2.07 bits per heavy atom. The highest BCUT2D eigenvalue weighted by Crippen LogP contribution is 2.09. The van der Waals surface area contributed by atoms with E-state index in [1.807, 2.05) is 0 Å². The van der Waals surface area contributed by atoms with Gasteiger partial charge in [0, 0.05) is 19.1 Å². The van der Waals surface area contributed by atoms with Crippen LogP contribution in [0.4, 0.5) is 0 Å². The lowest BCUT2D eigenvalue weighted by Crippen LogP contribution is -2.43. The van der Waals surface area contributed by atoms with Gasteiger partial charge in [-0.05, 0) is 31.4 Å². The zero-order valence-corrected chi connectivity index (χ0v) is 9.23. The second-order valence-corrected chi connectivity index (χ2v) is 4.44. The van der Waals surface area contributed by atoms with Gasteiger partial charge < -0.3 is 10.6 Å². The molecular weight excluding hydrogens is 184 g/mol. The fourth-order valence-electron chi connectivity index (χ4n) is 2.23. The molecule has 2 heteroatoms. The van der Waals surface area contributed by atoms with E-state index in [1.165, 1.54) is 24.9 Å². The number of hydrogen-bond acceptors (Lipinski definition) is 2. The van der Waals surface area contributed by atoms with Gasteiger partial charge in [-0.3, -0.25) is 0 Å². The normalized spacial score (nSPS) is 22.9. The zero-order chi connectivity index (χ0) is 10.5. The number of nitrogens with zero attached hydrogens (tertiary/aromatic N) is 1. The van der Waals surface area contributed by atoms with Crippen LogP contribution in [0.5, 0.6) is 0 Å². The topological polar surface area (TPSA) is 29.3 Å². The van der Waals surface area contributed by atoms with E-state index in [-0.39, 0.29) is 0 Å². The number of piperidine rings is 1. The molecular formula is C13H20N2. The number of rotatable bonds is 3. The Hall–Kier alpha value is -0.860. The lowest BCUT2D eigenvalue weighted by atomic mass is 10.1. The summed E-state index contributed by atoms with van der Waals surface area (Å²) in [4.78, 5) is 2.49. The van der Waals surface area contributed by atoms with Gasteiger partial charge in [0.25, 0.3) is 0 Å². The summed E-state index contributed by atoms with van der Waals surface area (Å²) in [5, 5.41) is 0. The second-order valence-electron chi connectivity index (χ2n) is 4.44. The SMILES string of the molecule is N[C@@H]1CCCN(CCc2ccccc2)C1. The van der Waals surface area contributed by atoms with Gasteiger partial charge in [-0.2, -0.15) is 0 Å². The molecule has 0 spiro atoms. The Kier molecular flexibility index (Phi) is 3.75.